The van der Waals surface area contributed by atoms with E-state index in [1.165, 1.54) is 0 Å². The third kappa shape index (κ3) is 3.38. The molecule has 104 valence electrons. The summed E-state index contributed by atoms with van der Waals surface area (Å²) in [6.45, 7) is 5.34. The molecule has 2 amide bonds. The topological polar surface area (TPSA) is 44.8 Å². The predicted molar refractivity (Wildman–Crippen MR) is 75.8 cm³/mol. The summed E-state index contributed by atoms with van der Waals surface area (Å²) in [5.41, 5.74) is 1.82. The minimum Gasteiger partial charge on any atom is -0.495 e. The number of rotatable bonds is 2. The molecule has 1 aromatic rings. The Bertz CT molecular complexity index is 454. The zero-order chi connectivity index (χ0) is 13.8. The van der Waals surface area contributed by atoms with E-state index in [4.69, 9.17) is 4.74 Å². The Labute approximate surface area is 114 Å². The molecule has 19 heavy (non-hydrogen) atoms. The van der Waals surface area contributed by atoms with Gasteiger partial charge in [-0.05, 0) is 31.7 Å². The molecular weight excluding hydrogens is 242 g/mol. The van der Waals surface area contributed by atoms with Crippen LogP contribution in [0.2, 0.25) is 0 Å². The Morgan fingerprint density at radius 3 is 2.58 bits per heavy atom. The van der Waals surface area contributed by atoms with Gasteiger partial charge in [0.1, 0.15) is 5.75 Å². The molecule has 1 aromatic carbocycles. The number of nitrogens with one attached hydrogen (secondary N) is 1. The Balaban J connectivity index is 2.04. The number of hydrogen-bond acceptors (Lipinski definition) is 3. The van der Waals surface area contributed by atoms with Crippen molar-refractivity contribution in [2.24, 2.45) is 0 Å². The van der Waals surface area contributed by atoms with Gasteiger partial charge in [0.15, 0.2) is 0 Å². The van der Waals surface area contributed by atoms with Crippen molar-refractivity contribution in [3.63, 3.8) is 0 Å². The molecule has 1 aliphatic rings. The van der Waals surface area contributed by atoms with Crippen LogP contribution in [-0.2, 0) is 0 Å². The molecule has 0 saturated carbocycles. The van der Waals surface area contributed by atoms with Gasteiger partial charge in [-0.1, -0.05) is 6.07 Å². The molecule has 2 rings (SSSR count). The van der Waals surface area contributed by atoms with Crippen molar-refractivity contribution in [1.82, 2.24) is 9.80 Å². The van der Waals surface area contributed by atoms with E-state index < -0.39 is 0 Å². The molecule has 1 aliphatic heterocycles. The van der Waals surface area contributed by atoms with E-state index in [-0.39, 0.29) is 6.03 Å². The average molecular weight is 263 g/mol. The Kier molecular flexibility index (Phi) is 4.27. The van der Waals surface area contributed by atoms with Crippen LogP contribution in [0.15, 0.2) is 18.2 Å². The number of piperazine rings is 1. The molecule has 0 unspecified atom stereocenters. The minimum absolute atomic E-state index is 0.0583. The number of likely N-dealkylation sites (N-methyl/N-ethyl adjacent to an activating group) is 1. The number of nitrogens with zero attached hydrogens (tertiary/aromatic N) is 2. The van der Waals surface area contributed by atoms with Crippen LogP contribution in [0.1, 0.15) is 5.56 Å². The fourth-order valence-corrected chi connectivity index (χ4v) is 2.12. The number of ether oxygens (including phenoxy) is 1. The third-order valence-electron chi connectivity index (χ3n) is 3.39. The molecular formula is C14H21N3O2. The number of benzene rings is 1. The van der Waals surface area contributed by atoms with Crippen molar-refractivity contribution in [1.29, 1.82) is 0 Å². The second-order valence-corrected chi connectivity index (χ2v) is 4.92. The first-order valence-corrected chi connectivity index (χ1v) is 6.49. The summed E-state index contributed by atoms with van der Waals surface area (Å²) < 4.78 is 5.26. The first kappa shape index (κ1) is 13.7. The van der Waals surface area contributed by atoms with Crippen molar-refractivity contribution in [2.75, 3.05) is 45.7 Å². The van der Waals surface area contributed by atoms with E-state index in [1.807, 2.05) is 30.0 Å². The van der Waals surface area contributed by atoms with Gasteiger partial charge in [0.25, 0.3) is 0 Å². The van der Waals surface area contributed by atoms with Crippen LogP contribution in [0.3, 0.4) is 0 Å². The van der Waals surface area contributed by atoms with Crippen LogP contribution in [0.5, 0.6) is 5.75 Å². The summed E-state index contributed by atoms with van der Waals surface area (Å²) in [5.74, 6) is 0.688. The molecule has 5 nitrogen and oxygen atoms in total. The first-order valence-electron chi connectivity index (χ1n) is 6.49. The molecule has 1 fully saturated rings. The number of carbonyl (C=O) groups excluding carboxylic acids is 1. The van der Waals surface area contributed by atoms with Crippen LogP contribution in [0.4, 0.5) is 10.5 Å². The van der Waals surface area contributed by atoms with Gasteiger partial charge in [-0.25, -0.2) is 4.79 Å². The van der Waals surface area contributed by atoms with Crippen LogP contribution in [0.25, 0.3) is 0 Å². The first-order chi connectivity index (χ1) is 9.10. The van der Waals surface area contributed by atoms with E-state index in [9.17, 15) is 4.79 Å². The number of methoxy groups -OCH3 is 1. The predicted octanol–water partition coefficient (Wildman–Crippen LogP) is 1.78. The molecule has 0 aliphatic carbocycles. The number of hydrogen-bond donors (Lipinski definition) is 1. The Morgan fingerprint density at radius 2 is 1.95 bits per heavy atom. The smallest absolute Gasteiger partial charge is 0.322 e. The van der Waals surface area contributed by atoms with Crippen molar-refractivity contribution < 1.29 is 9.53 Å². The maximum atomic E-state index is 12.2. The highest BCUT2D eigenvalue weighted by molar-refractivity contribution is 5.91. The van der Waals surface area contributed by atoms with Gasteiger partial charge < -0.3 is 19.9 Å². The third-order valence-corrected chi connectivity index (χ3v) is 3.39. The normalized spacial score (nSPS) is 16.3. The van der Waals surface area contributed by atoms with Crippen molar-refractivity contribution >= 4 is 11.7 Å². The van der Waals surface area contributed by atoms with Crippen molar-refractivity contribution in [2.45, 2.75) is 6.92 Å². The lowest BCUT2D eigenvalue weighted by Crippen LogP contribution is -2.48. The van der Waals surface area contributed by atoms with Crippen molar-refractivity contribution in [3.8, 4) is 5.75 Å². The quantitative estimate of drug-likeness (QED) is 0.884. The van der Waals surface area contributed by atoms with E-state index >= 15 is 0 Å². The SMILES string of the molecule is COc1ccc(C)cc1NC(=O)N1CCN(C)CC1. The molecule has 0 radical (unpaired) electrons. The molecule has 1 heterocycles. The monoisotopic (exact) mass is 263 g/mol. The number of carbonyl (C=O) groups is 1. The molecule has 5 heteroatoms. The highest BCUT2D eigenvalue weighted by Crippen LogP contribution is 2.25. The minimum atomic E-state index is -0.0583. The molecule has 0 spiro atoms. The average Bonchev–Trinajstić information content (AvgIpc) is 2.39. The fraction of sp³-hybridized carbons (Fsp3) is 0.500. The standard InChI is InChI=1S/C14H21N3O2/c1-11-4-5-13(19-3)12(10-11)15-14(18)17-8-6-16(2)7-9-17/h4-5,10H,6-9H2,1-3H3,(H,15,18). The summed E-state index contributed by atoms with van der Waals surface area (Å²) in [6, 6.07) is 5.70. The molecule has 0 atom stereocenters. The van der Waals surface area contributed by atoms with Crippen molar-refractivity contribution in [3.05, 3.63) is 23.8 Å². The van der Waals surface area contributed by atoms with Gasteiger partial charge in [-0.3, -0.25) is 0 Å². The summed E-state index contributed by atoms with van der Waals surface area (Å²) >= 11 is 0. The Hall–Kier alpha value is -1.75. The van der Waals surface area contributed by atoms with Gasteiger partial charge in [0.05, 0.1) is 12.8 Å². The van der Waals surface area contributed by atoms with E-state index in [0.717, 1.165) is 37.4 Å². The maximum absolute atomic E-state index is 12.2. The Morgan fingerprint density at radius 1 is 1.26 bits per heavy atom. The van der Waals surface area contributed by atoms with Gasteiger partial charge >= 0.3 is 6.03 Å². The summed E-state index contributed by atoms with van der Waals surface area (Å²) in [6.07, 6.45) is 0. The number of aryl methyl sites for hydroxylation is 1. The fourth-order valence-electron chi connectivity index (χ4n) is 2.12. The van der Waals surface area contributed by atoms with E-state index in [0.29, 0.717) is 5.75 Å². The van der Waals surface area contributed by atoms with Gasteiger partial charge in [0.2, 0.25) is 0 Å². The van der Waals surface area contributed by atoms with E-state index in [1.54, 1.807) is 7.11 Å². The molecule has 0 bridgehead atoms. The molecule has 1 N–H and O–H groups in total. The summed E-state index contributed by atoms with van der Waals surface area (Å²) in [4.78, 5) is 16.2. The number of amides is 2. The number of urea groups is 1. The van der Waals surface area contributed by atoms with Gasteiger partial charge in [0, 0.05) is 26.2 Å². The zero-order valence-corrected chi connectivity index (χ0v) is 11.8. The van der Waals surface area contributed by atoms with Crippen LogP contribution >= 0.6 is 0 Å². The van der Waals surface area contributed by atoms with Crippen LogP contribution in [0, 0.1) is 6.92 Å². The maximum Gasteiger partial charge on any atom is 0.322 e. The van der Waals surface area contributed by atoms with Crippen LogP contribution < -0.4 is 10.1 Å². The highest BCUT2D eigenvalue weighted by Gasteiger charge is 2.19. The molecule has 0 aromatic heterocycles. The zero-order valence-electron chi connectivity index (χ0n) is 11.8. The highest BCUT2D eigenvalue weighted by atomic mass is 16.5. The van der Waals surface area contributed by atoms with Gasteiger partial charge in [-0.2, -0.15) is 0 Å². The van der Waals surface area contributed by atoms with Gasteiger partial charge in [-0.15, -0.1) is 0 Å². The lowest BCUT2D eigenvalue weighted by Gasteiger charge is -2.32. The summed E-state index contributed by atoms with van der Waals surface area (Å²) in [5, 5.41) is 2.93. The summed E-state index contributed by atoms with van der Waals surface area (Å²) in [7, 11) is 3.68. The lowest BCUT2D eigenvalue weighted by atomic mass is 10.2. The molecule has 1 saturated heterocycles. The second-order valence-electron chi connectivity index (χ2n) is 4.92. The second kappa shape index (κ2) is 5.93. The number of anilines is 1. The van der Waals surface area contributed by atoms with E-state index in [2.05, 4.69) is 17.3 Å². The largest absolute Gasteiger partial charge is 0.495 e. The van der Waals surface area contributed by atoms with Crippen LogP contribution in [-0.4, -0.2) is 56.2 Å². The lowest BCUT2D eigenvalue weighted by molar-refractivity contribution is 0.164.